The molecule has 0 bridgehead atoms. The van der Waals surface area contributed by atoms with Crippen molar-refractivity contribution < 1.29 is 13.2 Å². The highest BCUT2D eigenvalue weighted by atomic mass is 35.5. The number of amidine groups is 1. The molecule has 0 aromatic heterocycles. The van der Waals surface area contributed by atoms with Crippen molar-refractivity contribution in [2.75, 3.05) is 5.88 Å². The molecule has 0 saturated carbocycles. The van der Waals surface area contributed by atoms with E-state index in [0.29, 0.717) is 12.1 Å². The fourth-order valence-electron chi connectivity index (χ4n) is 1.14. The van der Waals surface area contributed by atoms with Crippen LogP contribution >= 0.6 is 23.2 Å². The van der Waals surface area contributed by atoms with Crippen LogP contribution in [0.1, 0.15) is 11.1 Å². The molecule has 0 saturated heterocycles. The van der Waals surface area contributed by atoms with Gasteiger partial charge in [-0.3, -0.25) is 0 Å². The van der Waals surface area contributed by atoms with Crippen molar-refractivity contribution in [1.29, 1.82) is 5.26 Å². The van der Waals surface area contributed by atoms with E-state index in [1.807, 2.05) is 0 Å². The second-order valence-corrected chi connectivity index (χ2v) is 3.88. The maximum absolute atomic E-state index is 12.5. The molecule has 1 aromatic carbocycles. The molecule has 0 aliphatic carbocycles. The third-order valence-electron chi connectivity index (χ3n) is 1.90. The minimum atomic E-state index is -4.59. The van der Waals surface area contributed by atoms with E-state index in [-0.39, 0.29) is 28.0 Å². The van der Waals surface area contributed by atoms with Crippen LogP contribution in [0.5, 0.6) is 0 Å². The van der Waals surface area contributed by atoms with Crippen LogP contribution < -0.4 is 5.73 Å². The highest BCUT2D eigenvalue weighted by Gasteiger charge is 2.32. The lowest BCUT2D eigenvalue weighted by Gasteiger charge is -2.09. The summed E-state index contributed by atoms with van der Waals surface area (Å²) in [6.45, 7) is 0. The summed E-state index contributed by atoms with van der Waals surface area (Å²) in [6, 6.07) is 2.93. The summed E-state index contributed by atoms with van der Waals surface area (Å²) < 4.78 is 37.5. The average molecular weight is 296 g/mol. The average Bonchev–Trinajstić information content (AvgIpc) is 2.29. The lowest BCUT2D eigenvalue weighted by molar-refractivity contribution is -0.137. The number of benzene rings is 1. The van der Waals surface area contributed by atoms with Gasteiger partial charge in [-0.05, 0) is 12.1 Å². The summed E-state index contributed by atoms with van der Waals surface area (Å²) in [5.41, 5.74) is 3.89. The molecule has 0 heterocycles. The molecule has 96 valence electrons. The zero-order valence-electron chi connectivity index (χ0n) is 8.72. The molecule has 2 N–H and O–H groups in total. The number of alkyl halides is 4. The van der Waals surface area contributed by atoms with E-state index in [4.69, 9.17) is 34.2 Å². The quantitative estimate of drug-likeness (QED) is 0.516. The van der Waals surface area contributed by atoms with Gasteiger partial charge in [0.25, 0.3) is 0 Å². The number of aliphatic imine (C=N–C) groups is 1. The first-order chi connectivity index (χ1) is 8.29. The number of nitrogens with two attached hydrogens (primary N) is 1. The maximum atomic E-state index is 12.5. The molecule has 0 radical (unpaired) electrons. The number of hydrogen-bond donors (Lipinski definition) is 1. The van der Waals surface area contributed by atoms with Crippen molar-refractivity contribution in [1.82, 2.24) is 0 Å². The van der Waals surface area contributed by atoms with Crippen LogP contribution in [0.25, 0.3) is 0 Å². The summed E-state index contributed by atoms with van der Waals surface area (Å²) >= 11 is 11.1. The molecule has 1 rings (SSSR count). The van der Waals surface area contributed by atoms with Gasteiger partial charge in [-0.2, -0.15) is 18.4 Å². The SMILES string of the molecule is N#Cc1cc(C(F)(F)F)cc(Cl)c1N=C(N)CCl. The third kappa shape index (κ3) is 3.28. The Labute approximate surface area is 111 Å². The van der Waals surface area contributed by atoms with Gasteiger partial charge in [0, 0.05) is 0 Å². The van der Waals surface area contributed by atoms with Crippen LogP contribution in [0.4, 0.5) is 18.9 Å². The molecule has 0 fully saturated rings. The molecular weight excluding hydrogens is 290 g/mol. The summed E-state index contributed by atoms with van der Waals surface area (Å²) in [5.74, 6) is -0.169. The Bertz CT molecular complexity index is 532. The molecule has 1 aromatic rings. The Hall–Kier alpha value is -1.45. The molecular formula is C10H6Cl2F3N3. The molecule has 18 heavy (non-hydrogen) atoms. The van der Waals surface area contributed by atoms with Crippen molar-refractivity contribution in [3.63, 3.8) is 0 Å². The zero-order valence-corrected chi connectivity index (χ0v) is 10.2. The number of halogens is 5. The molecule has 0 aliphatic rings. The second-order valence-electron chi connectivity index (χ2n) is 3.20. The summed E-state index contributed by atoms with van der Waals surface area (Å²) in [5, 5.41) is 8.49. The fourth-order valence-corrected chi connectivity index (χ4v) is 1.46. The first-order valence-electron chi connectivity index (χ1n) is 4.49. The first kappa shape index (κ1) is 14.6. The van der Waals surface area contributed by atoms with Crippen molar-refractivity contribution in [2.45, 2.75) is 6.18 Å². The fraction of sp³-hybridized carbons (Fsp3) is 0.200. The molecule has 0 spiro atoms. The van der Waals surface area contributed by atoms with Gasteiger partial charge in [0.05, 0.1) is 22.0 Å². The monoisotopic (exact) mass is 295 g/mol. The Morgan fingerprint density at radius 2 is 2.06 bits per heavy atom. The highest BCUT2D eigenvalue weighted by Crippen LogP contribution is 2.37. The lowest BCUT2D eigenvalue weighted by Crippen LogP contribution is -2.12. The van der Waals surface area contributed by atoms with E-state index < -0.39 is 11.7 Å². The zero-order chi connectivity index (χ0) is 13.9. The van der Waals surface area contributed by atoms with Crippen LogP contribution in [-0.4, -0.2) is 11.7 Å². The van der Waals surface area contributed by atoms with E-state index >= 15 is 0 Å². The second kappa shape index (κ2) is 5.46. The largest absolute Gasteiger partial charge is 0.416 e. The number of hydrogen-bond acceptors (Lipinski definition) is 2. The molecule has 0 amide bonds. The Morgan fingerprint density at radius 1 is 1.44 bits per heavy atom. The van der Waals surface area contributed by atoms with E-state index in [9.17, 15) is 13.2 Å². The van der Waals surface area contributed by atoms with Crippen LogP contribution in [0.2, 0.25) is 5.02 Å². The van der Waals surface area contributed by atoms with Crippen molar-refractivity contribution in [2.24, 2.45) is 10.7 Å². The molecule has 3 nitrogen and oxygen atoms in total. The minimum absolute atomic E-state index is 0.0465. The third-order valence-corrected chi connectivity index (χ3v) is 2.47. The normalized spacial score (nSPS) is 12.3. The van der Waals surface area contributed by atoms with Gasteiger partial charge in [0.15, 0.2) is 0 Å². The van der Waals surface area contributed by atoms with Gasteiger partial charge in [-0.1, -0.05) is 11.6 Å². The Morgan fingerprint density at radius 3 is 2.50 bits per heavy atom. The number of nitrogens with zero attached hydrogens (tertiary/aromatic N) is 2. The van der Waals surface area contributed by atoms with Gasteiger partial charge in [0.2, 0.25) is 0 Å². The summed E-state index contributed by atoms with van der Waals surface area (Å²) in [4.78, 5) is 3.71. The summed E-state index contributed by atoms with van der Waals surface area (Å²) in [6.07, 6.45) is -4.59. The standard InChI is InChI=1S/C10H6Cl2F3N3/c11-3-8(17)18-9-5(4-16)1-6(2-7(9)12)10(13,14)15/h1-2H,3H2,(H2,17,18). The van der Waals surface area contributed by atoms with E-state index in [2.05, 4.69) is 4.99 Å². The molecule has 0 aliphatic heterocycles. The molecule has 0 unspecified atom stereocenters. The topological polar surface area (TPSA) is 62.2 Å². The first-order valence-corrected chi connectivity index (χ1v) is 5.40. The van der Waals surface area contributed by atoms with Crippen LogP contribution in [0, 0.1) is 11.3 Å². The maximum Gasteiger partial charge on any atom is 0.416 e. The van der Waals surface area contributed by atoms with E-state index in [1.165, 1.54) is 0 Å². The predicted octanol–water partition coefficient (Wildman–Crippen LogP) is 3.46. The highest BCUT2D eigenvalue weighted by molar-refractivity contribution is 6.34. The minimum Gasteiger partial charge on any atom is -0.386 e. The van der Waals surface area contributed by atoms with Gasteiger partial charge < -0.3 is 5.73 Å². The van der Waals surface area contributed by atoms with E-state index in [1.54, 1.807) is 6.07 Å². The Kier molecular flexibility index (Phi) is 4.43. The smallest absolute Gasteiger partial charge is 0.386 e. The van der Waals surface area contributed by atoms with E-state index in [0.717, 1.165) is 0 Å². The van der Waals surface area contributed by atoms with Crippen LogP contribution in [0.15, 0.2) is 17.1 Å². The van der Waals surface area contributed by atoms with Gasteiger partial charge in [0.1, 0.15) is 17.6 Å². The van der Waals surface area contributed by atoms with Gasteiger partial charge in [-0.15, -0.1) is 11.6 Å². The Balaban J connectivity index is 3.44. The molecule has 8 heteroatoms. The van der Waals surface area contributed by atoms with Crippen molar-refractivity contribution in [3.8, 4) is 6.07 Å². The van der Waals surface area contributed by atoms with Gasteiger partial charge >= 0.3 is 6.18 Å². The summed E-state index contributed by atoms with van der Waals surface area (Å²) in [7, 11) is 0. The van der Waals surface area contributed by atoms with Crippen molar-refractivity contribution in [3.05, 3.63) is 28.3 Å². The van der Waals surface area contributed by atoms with Crippen LogP contribution in [-0.2, 0) is 6.18 Å². The lowest BCUT2D eigenvalue weighted by atomic mass is 10.1. The number of nitriles is 1. The van der Waals surface area contributed by atoms with Crippen molar-refractivity contribution >= 4 is 34.7 Å². The van der Waals surface area contributed by atoms with Crippen LogP contribution in [0.3, 0.4) is 0 Å². The van der Waals surface area contributed by atoms with Gasteiger partial charge in [-0.25, -0.2) is 4.99 Å². The predicted molar refractivity (Wildman–Crippen MR) is 63.2 cm³/mol. The number of rotatable bonds is 2. The molecule has 0 atom stereocenters.